The second kappa shape index (κ2) is 13.1. The van der Waals surface area contributed by atoms with Gasteiger partial charge in [0.05, 0.1) is 25.0 Å². The van der Waals surface area contributed by atoms with Gasteiger partial charge in [-0.2, -0.15) is 5.10 Å². The Morgan fingerprint density at radius 2 is 1.51 bits per heavy atom. The molecule has 0 atom stereocenters. The molecule has 0 bridgehead atoms. The van der Waals surface area contributed by atoms with Gasteiger partial charge in [0.25, 0.3) is 5.91 Å². The van der Waals surface area contributed by atoms with Gasteiger partial charge in [0.15, 0.2) is 29.6 Å². The van der Waals surface area contributed by atoms with Gasteiger partial charge in [-0.05, 0) is 74.0 Å². The average Bonchev–Trinajstić information content (AvgIpc) is 2.86. The number of halogens is 1. The van der Waals surface area contributed by atoms with Crippen LogP contribution in [0.1, 0.15) is 29.8 Å². The van der Waals surface area contributed by atoms with E-state index in [4.69, 9.17) is 18.9 Å². The van der Waals surface area contributed by atoms with Gasteiger partial charge in [0.1, 0.15) is 0 Å². The van der Waals surface area contributed by atoms with Crippen molar-refractivity contribution in [1.29, 1.82) is 0 Å². The van der Waals surface area contributed by atoms with E-state index in [0.29, 0.717) is 41.6 Å². The number of carbonyl (C=O) groups excluding carboxylic acids is 2. The topological polar surface area (TPSA) is 95.5 Å². The summed E-state index contributed by atoms with van der Waals surface area (Å²) < 4.78 is 23.0. The lowest BCUT2D eigenvalue weighted by molar-refractivity contribution is -0.123. The minimum atomic E-state index is -0.502. The predicted octanol–water partition coefficient (Wildman–Crippen LogP) is 4.99. The van der Waals surface area contributed by atoms with Crippen LogP contribution in [0.5, 0.6) is 23.0 Å². The number of nitrogens with zero attached hydrogens (tertiary/aromatic N) is 1. The first kappa shape index (κ1) is 25.8. The molecular weight excluding hydrogens is 516 g/mol. The SMILES string of the molecule is CCOc1ccccc1OCC(=O)NN=Cc1ccc(OC(=O)c2ccc(Br)cc2)c(OCC)c1. The van der Waals surface area contributed by atoms with Crippen LogP contribution < -0.4 is 24.4 Å². The van der Waals surface area contributed by atoms with Crippen LogP contribution in [0.2, 0.25) is 0 Å². The largest absolute Gasteiger partial charge is 0.490 e. The molecule has 0 fully saturated rings. The zero-order valence-electron chi connectivity index (χ0n) is 19.3. The maximum Gasteiger partial charge on any atom is 0.343 e. The second-order valence-corrected chi connectivity index (χ2v) is 7.91. The van der Waals surface area contributed by atoms with E-state index in [1.165, 1.54) is 6.21 Å². The lowest BCUT2D eigenvalue weighted by atomic mass is 10.2. The minimum Gasteiger partial charge on any atom is -0.490 e. The van der Waals surface area contributed by atoms with Crippen LogP contribution in [0.3, 0.4) is 0 Å². The van der Waals surface area contributed by atoms with Gasteiger partial charge < -0.3 is 18.9 Å². The number of carbonyl (C=O) groups is 2. The van der Waals surface area contributed by atoms with Gasteiger partial charge in [-0.3, -0.25) is 4.79 Å². The van der Waals surface area contributed by atoms with E-state index in [1.807, 2.05) is 19.9 Å². The standard InChI is InChI=1S/C26H25BrN2O6/c1-3-32-21-7-5-6-8-22(21)34-17-25(30)29-28-16-18-9-14-23(24(15-18)33-4-2)35-26(31)19-10-12-20(27)13-11-19/h5-16H,3-4,17H2,1-2H3,(H,29,30). The zero-order chi connectivity index (χ0) is 25.0. The van der Waals surface area contributed by atoms with Crippen LogP contribution >= 0.6 is 15.9 Å². The van der Waals surface area contributed by atoms with Crippen LogP contribution in [-0.4, -0.2) is 37.9 Å². The van der Waals surface area contributed by atoms with Crippen LogP contribution in [0.4, 0.5) is 0 Å². The third-order valence-electron chi connectivity index (χ3n) is 4.46. The normalized spacial score (nSPS) is 10.6. The van der Waals surface area contributed by atoms with E-state index in [9.17, 15) is 9.59 Å². The quantitative estimate of drug-likeness (QED) is 0.159. The number of hydrazone groups is 1. The smallest absolute Gasteiger partial charge is 0.343 e. The minimum absolute atomic E-state index is 0.226. The van der Waals surface area contributed by atoms with Crippen molar-refractivity contribution in [2.75, 3.05) is 19.8 Å². The third-order valence-corrected chi connectivity index (χ3v) is 4.99. The molecule has 0 aromatic heterocycles. The fourth-order valence-corrected chi connectivity index (χ4v) is 3.17. The van der Waals surface area contributed by atoms with E-state index in [0.717, 1.165) is 4.47 Å². The maximum atomic E-state index is 12.4. The van der Waals surface area contributed by atoms with Gasteiger partial charge in [-0.25, -0.2) is 10.2 Å². The molecule has 0 saturated heterocycles. The van der Waals surface area contributed by atoms with Crippen molar-refractivity contribution in [2.24, 2.45) is 5.10 Å². The van der Waals surface area contributed by atoms with E-state index in [-0.39, 0.29) is 12.4 Å². The van der Waals surface area contributed by atoms with Gasteiger partial charge in [0, 0.05) is 4.47 Å². The van der Waals surface area contributed by atoms with Gasteiger partial charge in [-0.15, -0.1) is 0 Å². The highest BCUT2D eigenvalue weighted by Crippen LogP contribution is 2.29. The maximum absolute atomic E-state index is 12.4. The molecule has 3 rings (SSSR count). The Labute approximate surface area is 212 Å². The highest BCUT2D eigenvalue weighted by atomic mass is 79.9. The summed E-state index contributed by atoms with van der Waals surface area (Å²) in [7, 11) is 0. The Morgan fingerprint density at radius 1 is 0.857 bits per heavy atom. The molecule has 1 amide bonds. The van der Waals surface area contributed by atoms with Crippen LogP contribution in [-0.2, 0) is 4.79 Å². The summed E-state index contributed by atoms with van der Waals surface area (Å²) in [5.41, 5.74) is 3.46. The lowest BCUT2D eigenvalue weighted by Gasteiger charge is -2.11. The molecule has 3 aromatic carbocycles. The number of para-hydroxylation sites is 2. The van der Waals surface area contributed by atoms with Gasteiger partial charge in [-0.1, -0.05) is 28.1 Å². The number of hydrogen-bond acceptors (Lipinski definition) is 7. The number of esters is 1. The van der Waals surface area contributed by atoms with E-state index >= 15 is 0 Å². The first-order chi connectivity index (χ1) is 17.0. The van der Waals surface area contributed by atoms with Gasteiger partial charge >= 0.3 is 5.97 Å². The van der Waals surface area contributed by atoms with Crippen molar-refractivity contribution < 1.29 is 28.5 Å². The molecule has 1 N–H and O–H groups in total. The number of nitrogens with one attached hydrogen (secondary N) is 1. The summed E-state index contributed by atoms with van der Waals surface area (Å²) in [6.07, 6.45) is 1.45. The molecule has 0 spiro atoms. The lowest BCUT2D eigenvalue weighted by Crippen LogP contribution is -2.24. The van der Waals surface area contributed by atoms with Crippen molar-refractivity contribution in [2.45, 2.75) is 13.8 Å². The fraction of sp³-hybridized carbons (Fsp3) is 0.192. The Kier molecular flexibility index (Phi) is 9.68. The molecular formula is C26H25BrN2O6. The molecule has 0 radical (unpaired) electrons. The summed E-state index contributed by atoms with van der Waals surface area (Å²) in [6, 6.07) is 18.9. The number of hydrogen-bond donors (Lipinski definition) is 1. The Balaban J connectivity index is 1.59. The molecule has 35 heavy (non-hydrogen) atoms. The van der Waals surface area contributed by atoms with E-state index < -0.39 is 11.9 Å². The molecule has 0 aliphatic rings. The highest BCUT2D eigenvalue weighted by molar-refractivity contribution is 9.10. The van der Waals surface area contributed by atoms with Crippen LogP contribution in [0.25, 0.3) is 0 Å². The predicted molar refractivity (Wildman–Crippen MR) is 136 cm³/mol. The Bertz CT molecular complexity index is 1180. The van der Waals surface area contributed by atoms with Crippen molar-refractivity contribution >= 4 is 34.0 Å². The highest BCUT2D eigenvalue weighted by Gasteiger charge is 2.13. The second-order valence-electron chi connectivity index (χ2n) is 7.00. The third kappa shape index (κ3) is 7.86. The van der Waals surface area contributed by atoms with E-state index in [1.54, 1.807) is 60.7 Å². The first-order valence-electron chi connectivity index (χ1n) is 10.9. The summed E-state index contributed by atoms with van der Waals surface area (Å²) >= 11 is 3.34. The van der Waals surface area contributed by atoms with Crippen LogP contribution in [0.15, 0.2) is 76.3 Å². The number of benzene rings is 3. The van der Waals surface area contributed by atoms with Crippen molar-refractivity contribution in [3.63, 3.8) is 0 Å². The monoisotopic (exact) mass is 540 g/mol. The molecule has 0 heterocycles. The summed E-state index contributed by atoms with van der Waals surface area (Å²) in [4.78, 5) is 24.5. The van der Waals surface area contributed by atoms with E-state index in [2.05, 4.69) is 26.5 Å². The Morgan fingerprint density at radius 3 is 2.20 bits per heavy atom. The average molecular weight is 541 g/mol. The molecule has 182 valence electrons. The fourth-order valence-electron chi connectivity index (χ4n) is 2.90. The summed E-state index contributed by atoms with van der Waals surface area (Å²) in [6.45, 7) is 4.33. The zero-order valence-corrected chi connectivity index (χ0v) is 20.9. The molecule has 9 heteroatoms. The number of ether oxygens (including phenoxy) is 4. The number of amides is 1. The molecule has 0 aliphatic heterocycles. The number of rotatable bonds is 11. The van der Waals surface area contributed by atoms with Crippen molar-refractivity contribution in [1.82, 2.24) is 5.43 Å². The Hall–Kier alpha value is -3.85. The first-order valence-corrected chi connectivity index (χ1v) is 11.7. The summed E-state index contributed by atoms with van der Waals surface area (Å²) in [5, 5.41) is 3.96. The van der Waals surface area contributed by atoms with Gasteiger partial charge in [0.2, 0.25) is 0 Å². The molecule has 0 unspecified atom stereocenters. The molecule has 0 saturated carbocycles. The molecule has 3 aromatic rings. The van der Waals surface area contributed by atoms with Crippen LogP contribution in [0, 0.1) is 0 Å². The van der Waals surface area contributed by atoms with Crippen molar-refractivity contribution in [3.8, 4) is 23.0 Å². The van der Waals surface area contributed by atoms with Crippen molar-refractivity contribution in [3.05, 3.63) is 82.3 Å². The molecule has 8 nitrogen and oxygen atoms in total. The molecule has 0 aliphatic carbocycles. The summed E-state index contributed by atoms with van der Waals surface area (Å²) in [5.74, 6) is 0.765.